The molecule has 4 nitrogen and oxygen atoms in total. The molecule has 134 valence electrons. The highest BCUT2D eigenvalue weighted by Crippen LogP contribution is 2.28. The molecule has 1 aromatic heterocycles. The minimum absolute atomic E-state index is 0.179. The van der Waals surface area contributed by atoms with Crippen LogP contribution in [0.15, 0.2) is 36.4 Å². The lowest BCUT2D eigenvalue weighted by Crippen LogP contribution is -2.29. The highest BCUT2D eigenvalue weighted by Gasteiger charge is 2.19. The first kappa shape index (κ1) is 18.0. The van der Waals surface area contributed by atoms with Gasteiger partial charge in [0.1, 0.15) is 5.82 Å². The third-order valence-corrected chi connectivity index (χ3v) is 5.76. The third kappa shape index (κ3) is 5.34. The Balaban J connectivity index is 1.71. The maximum absolute atomic E-state index is 13.5. The van der Waals surface area contributed by atoms with E-state index in [9.17, 15) is 14.5 Å². The van der Waals surface area contributed by atoms with Crippen LogP contribution in [-0.4, -0.2) is 16.4 Å². The molecule has 0 atom stereocenters. The lowest BCUT2D eigenvalue weighted by molar-refractivity contribution is -0.380. The molecule has 1 saturated carbocycles. The molecule has 1 heterocycles. The smallest absolute Gasteiger partial charge is 0.294 e. The fourth-order valence-corrected chi connectivity index (χ4v) is 4.45. The summed E-state index contributed by atoms with van der Waals surface area (Å²) in [6.45, 7) is 2.30. The molecule has 0 bridgehead atoms. The zero-order valence-electron chi connectivity index (χ0n) is 14.2. The first-order valence-electron chi connectivity index (χ1n) is 8.80. The van der Waals surface area contributed by atoms with E-state index in [0.717, 1.165) is 17.0 Å². The quantitative estimate of drug-likeness (QED) is 0.491. The van der Waals surface area contributed by atoms with Crippen molar-refractivity contribution in [1.29, 1.82) is 0 Å². The second-order valence-corrected chi connectivity index (χ2v) is 7.95. The van der Waals surface area contributed by atoms with E-state index in [1.807, 2.05) is 12.1 Å². The standard InChI is InChI=1S/C19H23FN2O2S/c20-17-8-4-7-16(11-17)13-21(12-15-5-2-1-3-6-15)14-18-9-10-19(25-18)22(23)24/h4,7-11,15H,1-3,5-6,12-14H2. The normalized spacial score (nSPS) is 15.6. The maximum Gasteiger partial charge on any atom is 0.324 e. The summed E-state index contributed by atoms with van der Waals surface area (Å²) in [6.07, 6.45) is 6.36. The van der Waals surface area contributed by atoms with E-state index < -0.39 is 0 Å². The van der Waals surface area contributed by atoms with Crippen molar-refractivity contribution < 1.29 is 9.31 Å². The molecular formula is C19H23FN2O2S. The maximum atomic E-state index is 13.5. The molecule has 3 rings (SSSR count). The van der Waals surface area contributed by atoms with E-state index in [4.69, 9.17) is 0 Å². The van der Waals surface area contributed by atoms with Crippen molar-refractivity contribution in [3.63, 3.8) is 0 Å². The summed E-state index contributed by atoms with van der Waals surface area (Å²) in [7, 11) is 0. The minimum atomic E-state index is -0.341. The molecule has 25 heavy (non-hydrogen) atoms. The number of nitro groups is 1. The Morgan fingerprint density at radius 1 is 1.16 bits per heavy atom. The first-order valence-corrected chi connectivity index (χ1v) is 9.62. The first-order chi connectivity index (χ1) is 12.1. The van der Waals surface area contributed by atoms with Gasteiger partial charge in [0.25, 0.3) is 0 Å². The number of halogens is 1. The molecule has 1 fully saturated rings. The van der Waals surface area contributed by atoms with Crippen LogP contribution in [0.1, 0.15) is 42.5 Å². The van der Waals surface area contributed by atoms with Crippen LogP contribution in [0.4, 0.5) is 9.39 Å². The molecule has 0 saturated heterocycles. The topological polar surface area (TPSA) is 46.4 Å². The summed E-state index contributed by atoms with van der Waals surface area (Å²) in [5, 5.41) is 11.1. The van der Waals surface area contributed by atoms with Gasteiger partial charge in [-0.1, -0.05) is 42.7 Å². The van der Waals surface area contributed by atoms with Gasteiger partial charge in [-0.25, -0.2) is 4.39 Å². The Hall–Kier alpha value is -1.79. The van der Waals surface area contributed by atoms with Crippen LogP contribution in [-0.2, 0) is 13.1 Å². The van der Waals surface area contributed by atoms with Crippen molar-refractivity contribution in [2.45, 2.75) is 45.2 Å². The fraction of sp³-hybridized carbons (Fsp3) is 0.474. The Morgan fingerprint density at radius 2 is 1.96 bits per heavy atom. The van der Waals surface area contributed by atoms with Crippen LogP contribution in [0.25, 0.3) is 0 Å². The van der Waals surface area contributed by atoms with Gasteiger partial charge < -0.3 is 0 Å². The van der Waals surface area contributed by atoms with Gasteiger partial charge in [-0.15, -0.1) is 0 Å². The Morgan fingerprint density at radius 3 is 2.64 bits per heavy atom. The lowest BCUT2D eigenvalue weighted by Gasteiger charge is -2.29. The van der Waals surface area contributed by atoms with Gasteiger partial charge in [0.2, 0.25) is 0 Å². The zero-order valence-corrected chi connectivity index (χ0v) is 15.0. The lowest BCUT2D eigenvalue weighted by atomic mass is 9.89. The number of nitrogens with zero attached hydrogens (tertiary/aromatic N) is 2. The number of hydrogen-bond acceptors (Lipinski definition) is 4. The van der Waals surface area contributed by atoms with Gasteiger partial charge in [-0.05, 0) is 42.5 Å². The Labute approximate surface area is 151 Å². The van der Waals surface area contributed by atoms with Crippen LogP contribution in [0, 0.1) is 21.8 Å². The molecule has 0 N–H and O–H groups in total. The Kier molecular flexibility index (Phi) is 6.15. The molecule has 1 aromatic carbocycles. The Bertz CT molecular complexity index is 713. The van der Waals surface area contributed by atoms with Crippen molar-refractivity contribution in [3.05, 3.63) is 62.8 Å². The van der Waals surface area contributed by atoms with Crippen LogP contribution < -0.4 is 0 Å². The second kappa shape index (κ2) is 8.54. The number of rotatable bonds is 7. The molecule has 1 aliphatic rings. The largest absolute Gasteiger partial charge is 0.324 e. The van der Waals surface area contributed by atoms with Gasteiger partial charge in [0.05, 0.1) is 4.92 Å². The SMILES string of the molecule is O=[N+]([O-])c1ccc(CN(Cc2cccc(F)c2)CC2CCCCC2)s1. The summed E-state index contributed by atoms with van der Waals surface area (Å²) in [5.74, 6) is 0.444. The summed E-state index contributed by atoms with van der Waals surface area (Å²) in [4.78, 5) is 13.9. The van der Waals surface area contributed by atoms with Crippen molar-refractivity contribution in [1.82, 2.24) is 4.90 Å². The van der Waals surface area contributed by atoms with E-state index >= 15 is 0 Å². The summed E-state index contributed by atoms with van der Waals surface area (Å²) < 4.78 is 13.5. The van der Waals surface area contributed by atoms with Gasteiger partial charge >= 0.3 is 5.00 Å². The predicted molar refractivity (Wildman–Crippen MR) is 98.1 cm³/mol. The van der Waals surface area contributed by atoms with E-state index in [0.29, 0.717) is 19.0 Å². The van der Waals surface area contributed by atoms with Gasteiger partial charge in [0, 0.05) is 30.6 Å². The summed E-state index contributed by atoms with van der Waals surface area (Å²) in [5.41, 5.74) is 0.946. The molecule has 1 aliphatic carbocycles. The van der Waals surface area contributed by atoms with E-state index in [-0.39, 0.29) is 15.7 Å². The molecule has 0 aliphatic heterocycles. The molecule has 6 heteroatoms. The highest BCUT2D eigenvalue weighted by molar-refractivity contribution is 7.15. The number of hydrogen-bond donors (Lipinski definition) is 0. The predicted octanol–water partition coefficient (Wildman–Crippen LogP) is 5.38. The second-order valence-electron chi connectivity index (χ2n) is 6.80. The van der Waals surface area contributed by atoms with Crippen LogP contribution in [0.5, 0.6) is 0 Å². The highest BCUT2D eigenvalue weighted by atomic mass is 32.1. The van der Waals surface area contributed by atoms with Crippen molar-refractivity contribution in [2.75, 3.05) is 6.54 Å². The molecule has 0 unspecified atom stereocenters. The summed E-state index contributed by atoms with van der Waals surface area (Å²) >= 11 is 1.23. The fourth-order valence-electron chi connectivity index (χ4n) is 3.58. The van der Waals surface area contributed by atoms with E-state index in [1.54, 1.807) is 18.2 Å². The molecule has 0 spiro atoms. The van der Waals surface area contributed by atoms with Gasteiger partial charge in [-0.3, -0.25) is 15.0 Å². The summed E-state index contributed by atoms with van der Waals surface area (Å²) in [6, 6.07) is 10.1. The average molecular weight is 362 g/mol. The average Bonchev–Trinajstić information content (AvgIpc) is 3.04. The van der Waals surface area contributed by atoms with Crippen LogP contribution >= 0.6 is 11.3 Å². The van der Waals surface area contributed by atoms with Crippen LogP contribution in [0.2, 0.25) is 0 Å². The minimum Gasteiger partial charge on any atom is -0.294 e. The molecule has 0 radical (unpaired) electrons. The van der Waals surface area contributed by atoms with Gasteiger partial charge in [-0.2, -0.15) is 0 Å². The number of thiophene rings is 1. The zero-order chi connectivity index (χ0) is 17.6. The molecular weight excluding hydrogens is 339 g/mol. The van der Waals surface area contributed by atoms with E-state index in [2.05, 4.69) is 4.90 Å². The van der Waals surface area contributed by atoms with Gasteiger partial charge in [0.15, 0.2) is 0 Å². The van der Waals surface area contributed by atoms with Crippen LogP contribution in [0.3, 0.4) is 0 Å². The number of benzene rings is 1. The van der Waals surface area contributed by atoms with E-state index in [1.165, 1.54) is 49.5 Å². The monoisotopic (exact) mass is 362 g/mol. The van der Waals surface area contributed by atoms with Crippen molar-refractivity contribution >= 4 is 16.3 Å². The molecule has 0 amide bonds. The van der Waals surface area contributed by atoms with Crippen molar-refractivity contribution in [2.24, 2.45) is 5.92 Å². The molecule has 2 aromatic rings. The third-order valence-electron chi connectivity index (χ3n) is 4.74. The van der Waals surface area contributed by atoms with Crippen molar-refractivity contribution in [3.8, 4) is 0 Å².